The van der Waals surface area contributed by atoms with Gasteiger partial charge in [-0.3, -0.25) is 9.59 Å². The van der Waals surface area contributed by atoms with Crippen LogP contribution in [0.3, 0.4) is 0 Å². The van der Waals surface area contributed by atoms with Crippen molar-refractivity contribution in [2.24, 2.45) is 7.05 Å². The van der Waals surface area contributed by atoms with Gasteiger partial charge >= 0.3 is 5.97 Å². The number of ether oxygens (including phenoxy) is 1. The van der Waals surface area contributed by atoms with Crippen LogP contribution in [0.4, 0.5) is 0 Å². The van der Waals surface area contributed by atoms with Crippen LogP contribution in [-0.2, 0) is 27.9 Å². The Kier molecular flexibility index (Phi) is 3.85. The van der Waals surface area contributed by atoms with Crippen LogP contribution < -0.4 is 5.32 Å². The minimum atomic E-state index is -0.532. The molecule has 1 aromatic carbocycles. The maximum Gasteiger partial charge on any atom is 0.315 e. The molecule has 0 spiro atoms. The summed E-state index contributed by atoms with van der Waals surface area (Å²) in [6, 6.07) is 7.97. The summed E-state index contributed by atoms with van der Waals surface area (Å²) in [7, 11) is 3.22. The number of hydrogen-bond donors (Lipinski definition) is 1. The van der Waals surface area contributed by atoms with Gasteiger partial charge in [0.25, 0.3) is 0 Å². The lowest BCUT2D eigenvalue weighted by atomic mass is 10.2. The lowest BCUT2D eigenvalue weighted by Crippen LogP contribution is -2.25. The number of methoxy groups -OCH3 is 1. The number of nitrogens with one attached hydrogen (secondary N) is 1. The first kappa shape index (κ1) is 13.1. The number of hydrogen-bond acceptors (Lipinski definition) is 3. The maximum atomic E-state index is 11.5. The summed E-state index contributed by atoms with van der Waals surface area (Å²) in [5.74, 6) is -0.866. The van der Waals surface area contributed by atoms with E-state index in [1.165, 1.54) is 7.11 Å². The molecule has 0 saturated carbocycles. The van der Waals surface area contributed by atoms with E-state index in [1.807, 2.05) is 42.1 Å². The van der Waals surface area contributed by atoms with Gasteiger partial charge in [0.1, 0.15) is 6.42 Å². The average Bonchev–Trinajstić information content (AvgIpc) is 2.74. The molecule has 0 aliphatic carbocycles. The number of nitrogens with zero attached hydrogens (tertiary/aromatic N) is 1. The molecule has 0 atom stereocenters. The van der Waals surface area contributed by atoms with E-state index in [0.29, 0.717) is 6.54 Å². The molecule has 0 radical (unpaired) electrons. The van der Waals surface area contributed by atoms with Gasteiger partial charge in [0.2, 0.25) is 5.91 Å². The fourth-order valence-electron chi connectivity index (χ4n) is 2.03. The minimum Gasteiger partial charge on any atom is -0.469 e. The summed E-state index contributed by atoms with van der Waals surface area (Å²) in [4.78, 5) is 22.5. The standard InChI is InChI=1S/C14H16N2O3/c1-16-9-10(11-5-3-4-6-12(11)16)8-15-13(17)7-14(18)19-2/h3-6,9H,7-8H2,1-2H3,(H,15,17). The number of esters is 1. The minimum absolute atomic E-state index is 0.249. The second kappa shape index (κ2) is 5.56. The third-order valence-corrected chi connectivity index (χ3v) is 2.99. The number of benzene rings is 1. The predicted molar refractivity (Wildman–Crippen MR) is 71.4 cm³/mol. The van der Waals surface area contributed by atoms with Gasteiger partial charge in [-0.15, -0.1) is 0 Å². The van der Waals surface area contributed by atoms with E-state index in [2.05, 4.69) is 10.1 Å². The Labute approximate surface area is 111 Å². The zero-order valence-electron chi connectivity index (χ0n) is 11.0. The quantitative estimate of drug-likeness (QED) is 0.667. The van der Waals surface area contributed by atoms with Crippen molar-refractivity contribution in [2.75, 3.05) is 7.11 Å². The fourth-order valence-corrected chi connectivity index (χ4v) is 2.03. The van der Waals surface area contributed by atoms with Crippen molar-refractivity contribution < 1.29 is 14.3 Å². The molecule has 0 aliphatic rings. The van der Waals surface area contributed by atoms with Crippen LogP contribution in [0.25, 0.3) is 10.9 Å². The molecule has 5 nitrogen and oxygen atoms in total. The second-order valence-electron chi connectivity index (χ2n) is 4.31. The number of fused-ring (bicyclic) bond motifs is 1. The van der Waals surface area contributed by atoms with Crippen LogP contribution in [0.5, 0.6) is 0 Å². The van der Waals surface area contributed by atoms with Crippen LogP contribution >= 0.6 is 0 Å². The number of carbonyl (C=O) groups excluding carboxylic acids is 2. The first-order chi connectivity index (χ1) is 9.11. The Morgan fingerprint density at radius 1 is 1.32 bits per heavy atom. The monoisotopic (exact) mass is 260 g/mol. The molecule has 2 rings (SSSR count). The molecule has 2 aromatic rings. The van der Waals surface area contributed by atoms with Crippen LogP contribution in [0.1, 0.15) is 12.0 Å². The molecular weight excluding hydrogens is 244 g/mol. The van der Waals surface area contributed by atoms with Gasteiger partial charge in [0.15, 0.2) is 0 Å². The second-order valence-corrected chi connectivity index (χ2v) is 4.31. The molecule has 19 heavy (non-hydrogen) atoms. The molecule has 5 heteroatoms. The van der Waals surface area contributed by atoms with E-state index < -0.39 is 5.97 Å². The van der Waals surface area contributed by atoms with E-state index >= 15 is 0 Å². The van der Waals surface area contributed by atoms with Gasteiger partial charge in [-0.25, -0.2) is 0 Å². The zero-order chi connectivity index (χ0) is 13.8. The Bertz CT molecular complexity index is 616. The smallest absolute Gasteiger partial charge is 0.315 e. The van der Waals surface area contributed by atoms with E-state index in [-0.39, 0.29) is 12.3 Å². The highest BCUT2D eigenvalue weighted by atomic mass is 16.5. The number of aromatic nitrogens is 1. The Morgan fingerprint density at radius 3 is 2.79 bits per heavy atom. The van der Waals surface area contributed by atoms with Crippen molar-refractivity contribution in [3.8, 4) is 0 Å². The molecule has 1 N–H and O–H groups in total. The third-order valence-electron chi connectivity index (χ3n) is 2.99. The molecule has 1 amide bonds. The molecule has 1 heterocycles. The molecule has 100 valence electrons. The van der Waals surface area contributed by atoms with Gasteiger partial charge in [-0.1, -0.05) is 18.2 Å². The van der Waals surface area contributed by atoms with Crippen molar-refractivity contribution in [3.63, 3.8) is 0 Å². The largest absolute Gasteiger partial charge is 0.469 e. The number of carbonyl (C=O) groups is 2. The first-order valence-corrected chi connectivity index (χ1v) is 5.98. The molecule has 0 bridgehead atoms. The molecule has 0 aliphatic heterocycles. The lowest BCUT2D eigenvalue weighted by Gasteiger charge is -2.03. The van der Waals surface area contributed by atoms with E-state index in [0.717, 1.165) is 16.5 Å². The molecule has 0 saturated heterocycles. The maximum absolute atomic E-state index is 11.5. The van der Waals surface area contributed by atoms with Crippen molar-refractivity contribution in [1.29, 1.82) is 0 Å². The lowest BCUT2D eigenvalue weighted by molar-refractivity contribution is -0.143. The summed E-state index contributed by atoms with van der Waals surface area (Å²) in [6.07, 6.45) is 1.73. The number of aryl methyl sites for hydroxylation is 1. The summed E-state index contributed by atoms with van der Waals surface area (Å²) in [5, 5.41) is 3.82. The first-order valence-electron chi connectivity index (χ1n) is 5.98. The molecular formula is C14H16N2O3. The Balaban J connectivity index is 2.06. The number of para-hydroxylation sites is 1. The van der Waals surface area contributed by atoms with Gasteiger partial charge in [0, 0.05) is 30.7 Å². The predicted octanol–water partition coefficient (Wildman–Crippen LogP) is 1.36. The molecule has 0 unspecified atom stereocenters. The van der Waals surface area contributed by atoms with Crippen molar-refractivity contribution >= 4 is 22.8 Å². The van der Waals surface area contributed by atoms with Crippen molar-refractivity contribution in [1.82, 2.24) is 9.88 Å². The van der Waals surface area contributed by atoms with Crippen LogP contribution in [-0.4, -0.2) is 23.6 Å². The highest BCUT2D eigenvalue weighted by Gasteiger charge is 2.10. The van der Waals surface area contributed by atoms with Crippen molar-refractivity contribution in [2.45, 2.75) is 13.0 Å². The van der Waals surface area contributed by atoms with Gasteiger partial charge in [0.05, 0.1) is 7.11 Å². The normalized spacial score (nSPS) is 10.4. The third kappa shape index (κ3) is 2.93. The Hall–Kier alpha value is -2.30. The van der Waals surface area contributed by atoms with Gasteiger partial charge in [-0.05, 0) is 11.6 Å². The van der Waals surface area contributed by atoms with E-state index in [9.17, 15) is 9.59 Å². The highest BCUT2D eigenvalue weighted by Crippen LogP contribution is 2.19. The highest BCUT2D eigenvalue weighted by molar-refractivity contribution is 5.94. The average molecular weight is 260 g/mol. The zero-order valence-corrected chi connectivity index (χ0v) is 11.0. The number of amides is 1. The van der Waals surface area contributed by atoms with E-state index in [1.54, 1.807) is 0 Å². The topological polar surface area (TPSA) is 60.3 Å². The van der Waals surface area contributed by atoms with Crippen LogP contribution in [0.2, 0.25) is 0 Å². The SMILES string of the molecule is COC(=O)CC(=O)NCc1cn(C)c2ccccc12. The molecule has 1 aromatic heterocycles. The Morgan fingerprint density at radius 2 is 2.05 bits per heavy atom. The summed E-state index contributed by atoms with van der Waals surface area (Å²) < 4.78 is 6.45. The number of rotatable bonds is 4. The van der Waals surface area contributed by atoms with Crippen LogP contribution in [0, 0.1) is 0 Å². The van der Waals surface area contributed by atoms with Gasteiger partial charge in [-0.2, -0.15) is 0 Å². The fraction of sp³-hybridized carbons (Fsp3) is 0.286. The van der Waals surface area contributed by atoms with Crippen molar-refractivity contribution in [3.05, 3.63) is 36.0 Å². The summed E-state index contributed by atoms with van der Waals surface area (Å²) >= 11 is 0. The van der Waals surface area contributed by atoms with Crippen LogP contribution in [0.15, 0.2) is 30.5 Å². The van der Waals surface area contributed by atoms with E-state index in [4.69, 9.17) is 0 Å². The molecule has 0 fully saturated rings. The summed E-state index contributed by atoms with van der Waals surface area (Å²) in [6.45, 7) is 0.400. The summed E-state index contributed by atoms with van der Waals surface area (Å²) in [5.41, 5.74) is 2.14. The van der Waals surface area contributed by atoms with Gasteiger partial charge < -0.3 is 14.6 Å².